The highest BCUT2D eigenvalue weighted by molar-refractivity contribution is 7.80. The normalized spacial score (nSPS) is 9.89. The third-order valence-corrected chi connectivity index (χ3v) is 2.70. The van der Waals surface area contributed by atoms with Gasteiger partial charge in [-0.25, -0.2) is 4.39 Å². The average Bonchev–Trinajstić information content (AvgIpc) is 2.35. The van der Waals surface area contributed by atoms with Gasteiger partial charge in [0.1, 0.15) is 5.82 Å². The summed E-state index contributed by atoms with van der Waals surface area (Å²) in [5.41, 5.74) is 2.82. The number of hydrogen-bond acceptors (Lipinski definition) is 1. The molecule has 0 aliphatic carbocycles. The van der Waals surface area contributed by atoms with Crippen LogP contribution in [0.25, 0.3) is 0 Å². The summed E-state index contributed by atoms with van der Waals surface area (Å²) >= 11 is 5.19. The Balaban J connectivity index is 2.01. The van der Waals surface area contributed by atoms with Gasteiger partial charge in [0, 0.05) is 11.4 Å². The lowest BCUT2D eigenvalue weighted by molar-refractivity contribution is 0.628. The fourth-order valence-electron chi connectivity index (χ4n) is 1.53. The molecule has 0 amide bonds. The van der Waals surface area contributed by atoms with Crippen LogP contribution in [0, 0.1) is 12.7 Å². The summed E-state index contributed by atoms with van der Waals surface area (Å²) in [4.78, 5) is 0. The molecule has 0 saturated carbocycles. The highest BCUT2D eigenvalue weighted by atomic mass is 32.1. The van der Waals surface area contributed by atoms with Crippen LogP contribution in [0.2, 0.25) is 0 Å². The molecule has 0 aromatic heterocycles. The van der Waals surface area contributed by atoms with Gasteiger partial charge in [0.15, 0.2) is 5.11 Å². The van der Waals surface area contributed by atoms with Crippen molar-refractivity contribution >= 4 is 28.7 Å². The van der Waals surface area contributed by atoms with Crippen LogP contribution in [0.5, 0.6) is 0 Å². The van der Waals surface area contributed by atoms with Crippen LogP contribution in [0.15, 0.2) is 48.5 Å². The maximum Gasteiger partial charge on any atom is 0.175 e. The summed E-state index contributed by atoms with van der Waals surface area (Å²) in [5, 5.41) is 6.58. The fraction of sp³-hybridized carbons (Fsp3) is 0.0714. The first-order valence-corrected chi connectivity index (χ1v) is 5.95. The maximum atomic E-state index is 12.7. The number of benzene rings is 2. The Kier molecular flexibility index (Phi) is 3.89. The van der Waals surface area contributed by atoms with Crippen LogP contribution in [0.3, 0.4) is 0 Å². The van der Waals surface area contributed by atoms with Crippen molar-refractivity contribution in [1.29, 1.82) is 0 Å². The van der Waals surface area contributed by atoms with Gasteiger partial charge in [0.05, 0.1) is 0 Å². The summed E-state index contributed by atoms with van der Waals surface area (Å²) in [6, 6.07) is 13.9. The topological polar surface area (TPSA) is 24.1 Å². The van der Waals surface area contributed by atoms with E-state index < -0.39 is 0 Å². The number of thiocarbonyl (C=S) groups is 1. The van der Waals surface area contributed by atoms with E-state index in [2.05, 4.69) is 10.6 Å². The summed E-state index contributed by atoms with van der Waals surface area (Å²) in [7, 11) is 0. The molecule has 2 N–H and O–H groups in total. The molecule has 2 rings (SSSR count). The van der Waals surface area contributed by atoms with E-state index in [0.717, 1.165) is 16.9 Å². The highest BCUT2D eigenvalue weighted by Crippen LogP contribution is 2.14. The minimum atomic E-state index is -0.265. The van der Waals surface area contributed by atoms with E-state index in [9.17, 15) is 4.39 Å². The molecule has 18 heavy (non-hydrogen) atoms. The molecule has 0 saturated heterocycles. The van der Waals surface area contributed by atoms with Gasteiger partial charge in [-0.3, -0.25) is 0 Å². The number of aryl methyl sites for hydroxylation is 1. The molecule has 2 nitrogen and oxygen atoms in total. The van der Waals surface area contributed by atoms with Crippen molar-refractivity contribution in [3.63, 3.8) is 0 Å². The van der Waals surface area contributed by atoms with E-state index in [1.165, 1.54) is 12.1 Å². The Bertz CT molecular complexity index is 552. The average molecular weight is 260 g/mol. The lowest BCUT2D eigenvalue weighted by Gasteiger charge is -2.12. The molecule has 0 fully saturated rings. The van der Waals surface area contributed by atoms with E-state index >= 15 is 0 Å². The van der Waals surface area contributed by atoms with Gasteiger partial charge in [-0.05, 0) is 55.0 Å². The summed E-state index contributed by atoms with van der Waals surface area (Å²) in [6.45, 7) is 2.00. The zero-order chi connectivity index (χ0) is 13.0. The number of hydrogen-bond donors (Lipinski definition) is 2. The van der Waals surface area contributed by atoms with Crippen LogP contribution in [0.4, 0.5) is 15.8 Å². The van der Waals surface area contributed by atoms with Crippen molar-refractivity contribution in [3.8, 4) is 0 Å². The van der Waals surface area contributed by atoms with E-state index in [-0.39, 0.29) is 5.82 Å². The predicted molar refractivity (Wildman–Crippen MR) is 77.4 cm³/mol. The molecular weight excluding hydrogens is 247 g/mol. The van der Waals surface area contributed by atoms with Crippen molar-refractivity contribution in [1.82, 2.24) is 0 Å². The number of nitrogens with one attached hydrogen (secondary N) is 2. The first-order chi connectivity index (χ1) is 8.65. The van der Waals surface area contributed by atoms with E-state index in [1.54, 1.807) is 12.1 Å². The Hall–Kier alpha value is -1.94. The van der Waals surface area contributed by atoms with Crippen LogP contribution >= 0.6 is 12.2 Å². The van der Waals surface area contributed by atoms with Crippen molar-refractivity contribution in [2.75, 3.05) is 10.6 Å². The number of halogens is 1. The smallest absolute Gasteiger partial charge is 0.175 e. The number of para-hydroxylation sites is 1. The third-order valence-electron chi connectivity index (χ3n) is 2.50. The standard InChI is InChI=1S/C14H13FN2S/c1-10-4-2-3-5-13(10)17-14(18)16-12-8-6-11(15)7-9-12/h2-9H,1H3,(H2,16,17,18). The van der Waals surface area contributed by atoms with Crippen LogP contribution in [-0.4, -0.2) is 5.11 Å². The Morgan fingerprint density at radius 2 is 1.67 bits per heavy atom. The Morgan fingerprint density at radius 1 is 1.00 bits per heavy atom. The molecule has 0 aliphatic rings. The SMILES string of the molecule is Cc1ccccc1NC(=S)Nc1ccc(F)cc1. The van der Waals surface area contributed by atoms with Gasteiger partial charge in [0.2, 0.25) is 0 Å². The van der Waals surface area contributed by atoms with Gasteiger partial charge in [-0.1, -0.05) is 18.2 Å². The highest BCUT2D eigenvalue weighted by Gasteiger charge is 2.01. The summed E-state index contributed by atoms with van der Waals surface area (Å²) < 4.78 is 12.7. The maximum absolute atomic E-state index is 12.7. The molecule has 2 aromatic carbocycles. The van der Waals surface area contributed by atoms with Gasteiger partial charge < -0.3 is 10.6 Å². The molecule has 4 heteroatoms. The second-order valence-electron chi connectivity index (χ2n) is 3.90. The number of anilines is 2. The molecule has 0 radical (unpaired) electrons. The monoisotopic (exact) mass is 260 g/mol. The zero-order valence-electron chi connectivity index (χ0n) is 9.91. The van der Waals surface area contributed by atoms with Crippen molar-refractivity contribution in [3.05, 3.63) is 59.9 Å². The van der Waals surface area contributed by atoms with Crippen molar-refractivity contribution in [2.45, 2.75) is 6.92 Å². The predicted octanol–water partition coefficient (Wildman–Crippen LogP) is 3.94. The molecule has 2 aromatic rings. The number of rotatable bonds is 2. The first kappa shape index (κ1) is 12.5. The largest absolute Gasteiger partial charge is 0.332 e. The molecular formula is C14H13FN2S. The van der Waals surface area contributed by atoms with Crippen molar-refractivity contribution < 1.29 is 4.39 Å². The molecule has 0 heterocycles. The molecule has 0 bridgehead atoms. The first-order valence-electron chi connectivity index (χ1n) is 5.54. The van der Waals surface area contributed by atoms with Gasteiger partial charge in [-0.15, -0.1) is 0 Å². The third kappa shape index (κ3) is 3.28. The van der Waals surface area contributed by atoms with E-state index in [1.807, 2.05) is 31.2 Å². The molecule has 0 aliphatic heterocycles. The molecule has 0 unspecified atom stereocenters. The van der Waals surface area contributed by atoms with Crippen LogP contribution < -0.4 is 10.6 Å². The van der Waals surface area contributed by atoms with E-state index in [4.69, 9.17) is 12.2 Å². The second kappa shape index (κ2) is 5.60. The molecule has 92 valence electrons. The summed E-state index contributed by atoms with van der Waals surface area (Å²) in [5.74, 6) is -0.265. The fourth-order valence-corrected chi connectivity index (χ4v) is 1.76. The van der Waals surface area contributed by atoms with Crippen LogP contribution in [0.1, 0.15) is 5.56 Å². The minimum Gasteiger partial charge on any atom is -0.332 e. The zero-order valence-corrected chi connectivity index (χ0v) is 10.7. The Morgan fingerprint density at radius 3 is 2.33 bits per heavy atom. The Labute approximate surface area is 111 Å². The van der Waals surface area contributed by atoms with Crippen LogP contribution in [-0.2, 0) is 0 Å². The van der Waals surface area contributed by atoms with Crippen molar-refractivity contribution in [2.24, 2.45) is 0 Å². The molecule has 0 spiro atoms. The lowest BCUT2D eigenvalue weighted by Crippen LogP contribution is -2.19. The lowest BCUT2D eigenvalue weighted by atomic mass is 10.2. The summed E-state index contributed by atoms with van der Waals surface area (Å²) in [6.07, 6.45) is 0. The van der Waals surface area contributed by atoms with Gasteiger partial charge >= 0.3 is 0 Å². The second-order valence-corrected chi connectivity index (χ2v) is 4.31. The van der Waals surface area contributed by atoms with Gasteiger partial charge in [0.25, 0.3) is 0 Å². The molecule has 0 atom stereocenters. The van der Waals surface area contributed by atoms with Gasteiger partial charge in [-0.2, -0.15) is 0 Å². The quantitative estimate of drug-likeness (QED) is 0.800. The van der Waals surface area contributed by atoms with E-state index in [0.29, 0.717) is 5.11 Å². The minimum absolute atomic E-state index is 0.265.